The zero-order chi connectivity index (χ0) is 14.5. The molecule has 0 radical (unpaired) electrons. The summed E-state index contributed by atoms with van der Waals surface area (Å²) in [4.78, 5) is 0. The SMILES string of the molecule is Cc1ccc(NCc2ccc(-c3ccccc3)cc2)cc1. The van der Waals surface area contributed by atoms with E-state index in [4.69, 9.17) is 0 Å². The first kappa shape index (κ1) is 13.4. The number of aryl methyl sites for hydroxylation is 1. The highest BCUT2D eigenvalue weighted by molar-refractivity contribution is 5.63. The van der Waals surface area contributed by atoms with Crippen LogP contribution in [0.2, 0.25) is 0 Å². The molecule has 0 atom stereocenters. The first-order chi connectivity index (χ1) is 10.3. The van der Waals surface area contributed by atoms with Gasteiger partial charge in [0.15, 0.2) is 0 Å². The minimum atomic E-state index is 0.845. The summed E-state index contributed by atoms with van der Waals surface area (Å²) in [6.45, 7) is 2.95. The van der Waals surface area contributed by atoms with Gasteiger partial charge in [0.05, 0.1) is 0 Å². The van der Waals surface area contributed by atoms with Gasteiger partial charge >= 0.3 is 0 Å². The van der Waals surface area contributed by atoms with Gasteiger partial charge in [-0.15, -0.1) is 0 Å². The van der Waals surface area contributed by atoms with Crippen molar-refractivity contribution in [3.05, 3.63) is 90.0 Å². The van der Waals surface area contributed by atoms with E-state index in [0.717, 1.165) is 12.2 Å². The van der Waals surface area contributed by atoms with Crippen LogP contribution in [-0.2, 0) is 6.54 Å². The van der Waals surface area contributed by atoms with Crippen molar-refractivity contribution in [1.82, 2.24) is 0 Å². The Morgan fingerprint density at radius 3 is 1.95 bits per heavy atom. The second kappa shape index (κ2) is 6.27. The summed E-state index contributed by atoms with van der Waals surface area (Å²) in [7, 11) is 0. The third-order valence-electron chi connectivity index (χ3n) is 3.61. The molecule has 104 valence electrons. The molecular weight excluding hydrogens is 254 g/mol. The Bertz CT molecular complexity index is 682. The van der Waals surface area contributed by atoms with Gasteiger partial charge < -0.3 is 5.32 Å². The van der Waals surface area contributed by atoms with E-state index >= 15 is 0 Å². The Kier molecular flexibility index (Phi) is 4.02. The number of rotatable bonds is 4. The maximum absolute atomic E-state index is 3.45. The van der Waals surface area contributed by atoms with Crippen LogP contribution in [0.4, 0.5) is 5.69 Å². The number of benzene rings is 3. The van der Waals surface area contributed by atoms with E-state index in [-0.39, 0.29) is 0 Å². The largest absolute Gasteiger partial charge is 0.381 e. The van der Waals surface area contributed by atoms with Gasteiger partial charge in [-0.3, -0.25) is 0 Å². The van der Waals surface area contributed by atoms with E-state index < -0.39 is 0 Å². The maximum atomic E-state index is 3.45. The van der Waals surface area contributed by atoms with Gasteiger partial charge in [-0.25, -0.2) is 0 Å². The molecule has 0 amide bonds. The Balaban J connectivity index is 1.66. The van der Waals surface area contributed by atoms with Gasteiger partial charge in [0.1, 0.15) is 0 Å². The van der Waals surface area contributed by atoms with Crippen LogP contribution in [0.5, 0.6) is 0 Å². The van der Waals surface area contributed by atoms with Crippen molar-refractivity contribution < 1.29 is 0 Å². The Morgan fingerprint density at radius 2 is 1.29 bits per heavy atom. The minimum absolute atomic E-state index is 0.845. The molecule has 0 bridgehead atoms. The van der Waals surface area contributed by atoms with Crippen LogP contribution in [-0.4, -0.2) is 0 Å². The van der Waals surface area contributed by atoms with E-state index in [1.165, 1.54) is 22.3 Å². The van der Waals surface area contributed by atoms with E-state index in [1.54, 1.807) is 0 Å². The van der Waals surface area contributed by atoms with E-state index in [2.05, 4.69) is 85.0 Å². The molecular formula is C20H19N. The quantitative estimate of drug-likeness (QED) is 0.682. The Labute approximate surface area is 126 Å². The average Bonchev–Trinajstić information content (AvgIpc) is 2.56. The van der Waals surface area contributed by atoms with Gasteiger partial charge in [-0.05, 0) is 35.7 Å². The number of nitrogens with one attached hydrogen (secondary N) is 1. The lowest BCUT2D eigenvalue weighted by atomic mass is 10.0. The van der Waals surface area contributed by atoms with Crippen molar-refractivity contribution >= 4 is 5.69 Å². The molecule has 0 fully saturated rings. The highest BCUT2D eigenvalue weighted by atomic mass is 14.9. The van der Waals surface area contributed by atoms with Crippen LogP contribution in [0.15, 0.2) is 78.9 Å². The van der Waals surface area contributed by atoms with Gasteiger partial charge in [-0.2, -0.15) is 0 Å². The molecule has 0 aromatic heterocycles. The summed E-state index contributed by atoms with van der Waals surface area (Å²) >= 11 is 0. The van der Waals surface area contributed by atoms with Crippen molar-refractivity contribution in [2.45, 2.75) is 13.5 Å². The van der Waals surface area contributed by atoms with Gasteiger partial charge in [-0.1, -0.05) is 72.3 Å². The minimum Gasteiger partial charge on any atom is -0.381 e. The van der Waals surface area contributed by atoms with Crippen molar-refractivity contribution in [3.63, 3.8) is 0 Å². The predicted octanol–water partition coefficient (Wildman–Crippen LogP) is 5.27. The molecule has 0 unspecified atom stereocenters. The Hall–Kier alpha value is -2.54. The van der Waals surface area contributed by atoms with E-state index in [9.17, 15) is 0 Å². The molecule has 3 aromatic carbocycles. The average molecular weight is 273 g/mol. The number of anilines is 1. The molecule has 0 saturated carbocycles. The summed E-state index contributed by atoms with van der Waals surface area (Å²) in [5, 5.41) is 3.45. The molecule has 1 N–H and O–H groups in total. The fourth-order valence-corrected chi connectivity index (χ4v) is 2.32. The summed E-state index contributed by atoms with van der Waals surface area (Å²) in [5.74, 6) is 0. The second-order valence-corrected chi connectivity index (χ2v) is 5.28. The maximum Gasteiger partial charge on any atom is 0.0400 e. The van der Waals surface area contributed by atoms with Crippen molar-refractivity contribution in [2.75, 3.05) is 5.32 Å². The molecule has 21 heavy (non-hydrogen) atoms. The lowest BCUT2D eigenvalue weighted by molar-refractivity contribution is 1.15. The lowest BCUT2D eigenvalue weighted by Crippen LogP contribution is -1.98. The smallest absolute Gasteiger partial charge is 0.0400 e. The van der Waals surface area contributed by atoms with E-state index in [1.807, 2.05) is 6.07 Å². The van der Waals surface area contributed by atoms with Gasteiger partial charge in [0, 0.05) is 12.2 Å². The Morgan fingerprint density at radius 1 is 0.667 bits per heavy atom. The molecule has 0 heterocycles. The molecule has 0 saturated heterocycles. The summed E-state index contributed by atoms with van der Waals surface area (Å²) in [6.07, 6.45) is 0. The van der Waals surface area contributed by atoms with Crippen LogP contribution in [0.1, 0.15) is 11.1 Å². The van der Waals surface area contributed by atoms with Crippen LogP contribution >= 0.6 is 0 Å². The number of hydrogen-bond acceptors (Lipinski definition) is 1. The van der Waals surface area contributed by atoms with Crippen LogP contribution in [0.25, 0.3) is 11.1 Å². The molecule has 3 aromatic rings. The topological polar surface area (TPSA) is 12.0 Å². The molecule has 3 rings (SSSR count). The fourth-order valence-electron chi connectivity index (χ4n) is 2.32. The fraction of sp³-hybridized carbons (Fsp3) is 0.100. The number of hydrogen-bond donors (Lipinski definition) is 1. The normalized spacial score (nSPS) is 10.3. The first-order valence-corrected chi connectivity index (χ1v) is 7.26. The zero-order valence-electron chi connectivity index (χ0n) is 12.2. The zero-order valence-corrected chi connectivity index (χ0v) is 12.2. The third-order valence-corrected chi connectivity index (χ3v) is 3.61. The molecule has 0 spiro atoms. The van der Waals surface area contributed by atoms with Crippen LogP contribution < -0.4 is 5.32 Å². The lowest BCUT2D eigenvalue weighted by Gasteiger charge is -2.08. The predicted molar refractivity (Wildman–Crippen MR) is 90.4 cm³/mol. The highest BCUT2D eigenvalue weighted by Crippen LogP contribution is 2.19. The molecule has 0 aliphatic rings. The monoisotopic (exact) mass is 273 g/mol. The summed E-state index contributed by atoms with van der Waals surface area (Å²) < 4.78 is 0. The molecule has 1 nitrogen and oxygen atoms in total. The molecule has 0 aliphatic heterocycles. The standard InChI is InChI=1S/C20H19N/c1-16-7-13-20(14-8-16)21-15-17-9-11-19(12-10-17)18-5-3-2-4-6-18/h2-14,21H,15H2,1H3. The highest BCUT2D eigenvalue weighted by Gasteiger charge is 1.98. The second-order valence-electron chi connectivity index (χ2n) is 5.28. The third kappa shape index (κ3) is 3.51. The summed E-state index contributed by atoms with van der Waals surface area (Å²) in [5.41, 5.74) is 6.25. The first-order valence-electron chi connectivity index (χ1n) is 7.26. The summed E-state index contributed by atoms with van der Waals surface area (Å²) in [6, 6.07) is 27.7. The van der Waals surface area contributed by atoms with E-state index in [0.29, 0.717) is 0 Å². The molecule has 1 heteroatoms. The van der Waals surface area contributed by atoms with Crippen molar-refractivity contribution in [1.29, 1.82) is 0 Å². The van der Waals surface area contributed by atoms with Gasteiger partial charge in [0.25, 0.3) is 0 Å². The van der Waals surface area contributed by atoms with Crippen molar-refractivity contribution in [2.24, 2.45) is 0 Å². The van der Waals surface area contributed by atoms with Crippen molar-refractivity contribution in [3.8, 4) is 11.1 Å². The molecule has 0 aliphatic carbocycles. The van der Waals surface area contributed by atoms with Crippen LogP contribution in [0.3, 0.4) is 0 Å². The van der Waals surface area contributed by atoms with Crippen LogP contribution in [0, 0.1) is 6.92 Å². The van der Waals surface area contributed by atoms with Gasteiger partial charge in [0.2, 0.25) is 0 Å².